The van der Waals surface area contributed by atoms with Crippen molar-refractivity contribution in [3.8, 4) is 0 Å². The smallest absolute Gasteiger partial charge is 0.407 e. The number of rotatable bonds is 3. The standard InChI is InChI=1S/C9H19NO3Si/c1-2-12-8(11)10-7-9(14)5-3-4-6-13-9/h2-7H2,1,14H3,(H,10,11). The fraction of sp³-hybridized carbons (Fsp3) is 0.889. The second kappa shape index (κ2) is 5.36. The van der Waals surface area contributed by atoms with E-state index >= 15 is 0 Å². The molecule has 0 radical (unpaired) electrons. The molecule has 1 N–H and O–H groups in total. The molecule has 1 aliphatic rings. The Bertz CT molecular complexity index is 192. The fourth-order valence-corrected chi connectivity index (χ4v) is 2.31. The number of carbonyl (C=O) groups excluding carboxylic acids is 1. The van der Waals surface area contributed by atoms with Crippen molar-refractivity contribution in [3.05, 3.63) is 0 Å². The molecule has 0 bridgehead atoms. The minimum Gasteiger partial charge on any atom is -0.450 e. The number of nitrogens with one attached hydrogen (secondary N) is 1. The molecule has 1 fully saturated rings. The highest BCUT2D eigenvalue weighted by Gasteiger charge is 2.28. The zero-order valence-electron chi connectivity index (χ0n) is 8.97. The molecule has 5 heteroatoms. The van der Waals surface area contributed by atoms with Crippen molar-refractivity contribution in [3.63, 3.8) is 0 Å². The minimum absolute atomic E-state index is 0.0645. The van der Waals surface area contributed by atoms with E-state index in [-0.39, 0.29) is 11.3 Å². The first kappa shape index (κ1) is 11.5. The molecule has 1 aliphatic heterocycles. The lowest BCUT2D eigenvalue weighted by atomic mass is 10.1. The lowest BCUT2D eigenvalue weighted by Gasteiger charge is -2.33. The van der Waals surface area contributed by atoms with Crippen LogP contribution in [-0.2, 0) is 9.47 Å². The van der Waals surface area contributed by atoms with E-state index in [9.17, 15) is 4.79 Å². The summed E-state index contributed by atoms with van der Waals surface area (Å²) in [7, 11) is 0.947. The highest BCUT2D eigenvalue weighted by Crippen LogP contribution is 2.20. The Morgan fingerprint density at radius 2 is 2.43 bits per heavy atom. The molecule has 0 saturated carbocycles. The van der Waals surface area contributed by atoms with Crippen LogP contribution in [0.5, 0.6) is 0 Å². The summed E-state index contributed by atoms with van der Waals surface area (Å²) < 4.78 is 10.5. The molecule has 1 heterocycles. The van der Waals surface area contributed by atoms with Crippen LogP contribution >= 0.6 is 0 Å². The monoisotopic (exact) mass is 217 g/mol. The molecule has 4 nitrogen and oxygen atoms in total. The van der Waals surface area contributed by atoms with Crippen LogP contribution in [0.25, 0.3) is 0 Å². The maximum absolute atomic E-state index is 11.1. The number of hydrogen-bond donors (Lipinski definition) is 1. The van der Waals surface area contributed by atoms with Gasteiger partial charge >= 0.3 is 6.09 Å². The highest BCUT2D eigenvalue weighted by molar-refractivity contribution is 6.14. The van der Waals surface area contributed by atoms with E-state index in [1.165, 1.54) is 6.42 Å². The Hall–Kier alpha value is -0.553. The van der Waals surface area contributed by atoms with Crippen LogP contribution in [0.2, 0.25) is 0 Å². The van der Waals surface area contributed by atoms with Crippen LogP contribution in [0.1, 0.15) is 26.2 Å². The summed E-state index contributed by atoms with van der Waals surface area (Å²) in [5.74, 6) is 0. The minimum atomic E-state index is -0.336. The van der Waals surface area contributed by atoms with Gasteiger partial charge in [-0.25, -0.2) is 4.79 Å². The van der Waals surface area contributed by atoms with Crippen LogP contribution < -0.4 is 5.32 Å². The van der Waals surface area contributed by atoms with Crippen LogP contribution in [0.15, 0.2) is 0 Å². The van der Waals surface area contributed by atoms with Gasteiger partial charge in [-0.1, -0.05) is 0 Å². The summed E-state index contributed by atoms with van der Waals surface area (Å²) in [6, 6.07) is 0. The quantitative estimate of drug-likeness (QED) is 0.677. The number of amides is 1. The third-order valence-electron chi connectivity index (χ3n) is 2.43. The Labute approximate surface area is 87.8 Å². The van der Waals surface area contributed by atoms with Gasteiger partial charge in [0.2, 0.25) is 0 Å². The van der Waals surface area contributed by atoms with Crippen molar-refractivity contribution in [2.45, 2.75) is 31.4 Å². The summed E-state index contributed by atoms with van der Waals surface area (Å²) in [6.07, 6.45) is 3.07. The van der Waals surface area contributed by atoms with Crippen LogP contribution in [-0.4, -0.2) is 41.3 Å². The van der Waals surface area contributed by atoms with Crippen molar-refractivity contribution in [2.75, 3.05) is 19.8 Å². The van der Waals surface area contributed by atoms with E-state index in [0.717, 1.165) is 29.7 Å². The van der Waals surface area contributed by atoms with Crippen molar-refractivity contribution < 1.29 is 14.3 Å². The molecule has 0 aliphatic carbocycles. The Morgan fingerprint density at radius 3 is 3.00 bits per heavy atom. The molecule has 0 aromatic heterocycles. The van der Waals surface area contributed by atoms with Gasteiger partial charge in [0.15, 0.2) is 0 Å². The normalized spacial score (nSPS) is 27.2. The van der Waals surface area contributed by atoms with Crippen molar-refractivity contribution >= 4 is 16.3 Å². The predicted molar refractivity (Wildman–Crippen MR) is 57.5 cm³/mol. The Morgan fingerprint density at radius 1 is 1.64 bits per heavy atom. The zero-order valence-corrected chi connectivity index (χ0v) is 11.0. The Balaban J connectivity index is 2.24. The van der Waals surface area contributed by atoms with Gasteiger partial charge in [-0.3, -0.25) is 0 Å². The fourth-order valence-electron chi connectivity index (χ4n) is 1.57. The summed E-state index contributed by atoms with van der Waals surface area (Å²) in [4.78, 5) is 11.1. The molecule has 1 amide bonds. The average molecular weight is 217 g/mol. The van der Waals surface area contributed by atoms with Gasteiger partial charge in [0.1, 0.15) is 0 Å². The van der Waals surface area contributed by atoms with Gasteiger partial charge in [0, 0.05) is 23.4 Å². The third-order valence-corrected chi connectivity index (χ3v) is 3.57. The molecule has 0 aromatic rings. The zero-order chi connectivity index (χ0) is 10.4. The first-order valence-corrected chi connectivity index (χ1v) is 6.21. The van der Waals surface area contributed by atoms with E-state index in [4.69, 9.17) is 9.47 Å². The number of carbonyl (C=O) groups is 1. The van der Waals surface area contributed by atoms with Gasteiger partial charge in [-0.05, 0) is 26.2 Å². The van der Waals surface area contributed by atoms with Gasteiger partial charge < -0.3 is 14.8 Å². The number of ether oxygens (including phenoxy) is 2. The number of hydrogen-bond acceptors (Lipinski definition) is 3. The molecule has 0 spiro atoms. The van der Waals surface area contributed by atoms with Gasteiger partial charge in [0.05, 0.1) is 11.8 Å². The van der Waals surface area contributed by atoms with Gasteiger partial charge in [-0.15, -0.1) is 0 Å². The molecule has 82 valence electrons. The second-order valence-corrected chi connectivity index (χ2v) is 5.65. The van der Waals surface area contributed by atoms with Crippen LogP contribution in [0, 0.1) is 0 Å². The van der Waals surface area contributed by atoms with Crippen molar-refractivity contribution in [2.24, 2.45) is 0 Å². The van der Waals surface area contributed by atoms with E-state index < -0.39 is 0 Å². The SMILES string of the molecule is CCOC(=O)NCC1([SiH3])CCCCO1. The van der Waals surface area contributed by atoms with Crippen molar-refractivity contribution in [1.82, 2.24) is 5.32 Å². The largest absolute Gasteiger partial charge is 0.450 e. The van der Waals surface area contributed by atoms with E-state index in [2.05, 4.69) is 5.32 Å². The molecule has 1 rings (SSSR count). The summed E-state index contributed by atoms with van der Waals surface area (Å²) in [5, 5.41) is 2.68. The molecule has 1 atom stereocenters. The first-order valence-electron chi connectivity index (χ1n) is 5.21. The van der Waals surface area contributed by atoms with Crippen LogP contribution in [0.3, 0.4) is 0 Å². The lowest BCUT2D eigenvalue weighted by Crippen LogP contribution is -2.47. The van der Waals surface area contributed by atoms with Gasteiger partial charge in [-0.2, -0.15) is 0 Å². The third kappa shape index (κ3) is 3.67. The van der Waals surface area contributed by atoms with Crippen molar-refractivity contribution in [1.29, 1.82) is 0 Å². The molecular weight excluding hydrogens is 198 g/mol. The van der Waals surface area contributed by atoms with Crippen LogP contribution in [0.4, 0.5) is 4.79 Å². The lowest BCUT2D eigenvalue weighted by molar-refractivity contribution is -0.0161. The Kier molecular flexibility index (Phi) is 4.41. The second-order valence-electron chi connectivity index (χ2n) is 3.83. The topological polar surface area (TPSA) is 47.6 Å². The van der Waals surface area contributed by atoms with E-state index in [1.807, 2.05) is 0 Å². The first-order chi connectivity index (χ1) is 6.66. The highest BCUT2D eigenvalue weighted by atomic mass is 28.1. The number of alkyl carbamates (subject to hydrolysis) is 1. The molecular formula is C9H19NO3Si. The average Bonchev–Trinajstić information content (AvgIpc) is 2.17. The molecule has 1 unspecified atom stereocenters. The summed E-state index contributed by atoms with van der Waals surface area (Å²) >= 11 is 0. The predicted octanol–water partition coefficient (Wildman–Crippen LogP) is -0.00530. The summed E-state index contributed by atoms with van der Waals surface area (Å²) in [5.41, 5.74) is 0. The summed E-state index contributed by atoms with van der Waals surface area (Å²) in [6.45, 7) is 3.64. The van der Waals surface area contributed by atoms with Gasteiger partial charge in [0.25, 0.3) is 0 Å². The molecule has 0 aromatic carbocycles. The molecule has 14 heavy (non-hydrogen) atoms. The maximum Gasteiger partial charge on any atom is 0.407 e. The van der Waals surface area contributed by atoms with E-state index in [0.29, 0.717) is 13.2 Å². The molecule has 1 saturated heterocycles. The van der Waals surface area contributed by atoms with E-state index in [1.54, 1.807) is 6.92 Å². The maximum atomic E-state index is 11.1.